The van der Waals surface area contributed by atoms with Crippen molar-refractivity contribution in [1.29, 1.82) is 0 Å². The summed E-state index contributed by atoms with van der Waals surface area (Å²) in [5.41, 5.74) is -0.256. The maximum atomic E-state index is 16.5. The first-order valence-corrected chi connectivity index (χ1v) is 19.3. The van der Waals surface area contributed by atoms with Crippen molar-refractivity contribution in [3.05, 3.63) is 71.6 Å². The minimum absolute atomic E-state index is 0.0352. The van der Waals surface area contributed by atoms with E-state index in [2.05, 4.69) is 42.8 Å². The molecule has 2 aromatic carbocycles. The van der Waals surface area contributed by atoms with Crippen LogP contribution in [0.25, 0.3) is 32.9 Å². The van der Waals surface area contributed by atoms with Crippen LogP contribution >= 0.6 is 0 Å². The Labute approximate surface area is 340 Å². The van der Waals surface area contributed by atoms with Gasteiger partial charge in [0.15, 0.2) is 5.82 Å². The lowest BCUT2D eigenvalue weighted by Gasteiger charge is -2.37. The van der Waals surface area contributed by atoms with E-state index in [1.807, 2.05) is 11.8 Å². The van der Waals surface area contributed by atoms with E-state index < -0.39 is 42.2 Å². The standard InChI is InChI=1S/C36H34F2N6O6.C7H12FN/c1-7-9-22(15-39-5)34(46)49-20(4)50-36(47)41-23-12-19(3)17-44(18-23)33-27-16-40-31(30(38)32(27)42-35(43-33)48-6)26-14-24(45)13-21-10-11-28(37)25(8-2)29(21)26;8-6-4-7-2-1-3-9(7)5-6/h2,7,9-11,13-16,19-20,23,45H,5,12,17-18H2,1,3-4,6H3,(H,41,47);6-7H,1-5H2/b9-7-,22-15+;/t;6-,7?/m.1/s1. The molecular formula is C43H46F3N7O6. The topological polar surface area (TPSA) is 152 Å². The van der Waals surface area contributed by atoms with Gasteiger partial charge in [-0.05, 0) is 75.4 Å². The maximum absolute atomic E-state index is 16.5. The first kappa shape index (κ1) is 42.4. The molecule has 59 heavy (non-hydrogen) atoms. The molecule has 3 aliphatic heterocycles. The number of carbonyl (C=O) groups is 2. The third-order valence-electron chi connectivity index (χ3n) is 10.4. The summed E-state index contributed by atoms with van der Waals surface area (Å²) in [7, 11) is 1.34. The fourth-order valence-corrected chi connectivity index (χ4v) is 7.99. The second kappa shape index (κ2) is 18.6. The van der Waals surface area contributed by atoms with Crippen molar-refractivity contribution in [1.82, 2.24) is 25.2 Å². The lowest BCUT2D eigenvalue weighted by Crippen LogP contribution is -2.51. The van der Waals surface area contributed by atoms with Crippen molar-refractivity contribution in [2.24, 2.45) is 10.9 Å². The van der Waals surface area contributed by atoms with Crippen molar-refractivity contribution in [3.63, 3.8) is 0 Å². The number of esters is 1. The van der Waals surface area contributed by atoms with Crippen molar-refractivity contribution in [2.75, 3.05) is 38.2 Å². The fraction of sp³-hybridized carbons (Fsp3) is 0.395. The number of aromatic hydroxyl groups is 1. The van der Waals surface area contributed by atoms with Gasteiger partial charge < -0.3 is 29.5 Å². The highest BCUT2D eigenvalue weighted by molar-refractivity contribution is 6.03. The lowest BCUT2D eigenvalue weighted by molar-refractivity contribution is -0.159. The number of aromatic nitrogens is 3. The first-order chi connectivity index (χ1) is 28.3. The molecule has 0 aliphatic carbocycles. The number of methoxy groups -OCH3 is 1. The molecule has 3 fully saturated rings. The van der Waals surface area contributed by atoms with Gasteiger partial charge in [-0.3, -0.25) is 14.9 Å². The highest BCUT2D eigenvalue weighted by Gasteiger charge is 2.35. The molecule has 1 amide bonds. The van der Waals surface area contributed by atoms with Crippen LogP contribution in [0, 0.1) is 29.9 Å². The summed E-state index contributed by atoms with van der Waals surface area (Å²) in [4.78, 5) is 46.1. The van der Waals surface area contributed by atoms with Gasteiger partial charge in [-0.1, -0.05) is 31.1 Å². The van der Waals surface area contributed by atoms with E-state index in [0.717, 1.165) is 13.0 Å². The number of benzene rings is 2. The number of carbonyl (C=O) groups excluding carboxylic acids is 2. The van der Waals surface area contributed by atoms with Gasteiger partial charge in [0, 0.05) is 55.9 Å². The molecule has 3 aliphatic rings. The van der Waals surface area contributed by atoms with E-state index >= 15 is 4.39 Å². The summed E-state index contributed by atoms with van der Waals surface area (Å²) in [6, 6.07) is 5.30. The number of phenols is 1. The molecule has 310 valence electrons. The number of anilines is 1. The molecule has 3 saturated heterocycles. The van der Waals surface area contributed by atoms with Crippen LogP contribution in [0.1, 0.15) is 52.0 Å². The summed E-state index contributed by atoms with van der Waals surface area (Å²) in [6.45, 7) is 11.0. The number of alkyl halides is 1. The number of alkyl carbamates (subject to hydrolysis) is 1. The van der Waals surface area contributed by atoms with Gasteiger partial charge in [0.05, 0.1) is 29.7 Å². The molecule has 2 aromatic heterocycles. The number of fused-ring (bicyclic) bond motifs is 3. The van der Waals surface area contributed by atoms with Crippen molar-refractivity contribution in [3.8, 4) is 35.4 Å². The Morgan fingerprint density at radius 1 is 1.17 bits per heavy atom. The third kappa shape index (κ3) is 9.58. The van der Waals surface area contributed by atoms with E-state index in [9.17, 15) is 23.5 Å². The lowest BCUT2D eigenvalue weighted by atomic mass is 9.95. The van der Waals surface area contributed by atoms with E-state index in [4.69, 9.17) is 20.6 Å². The Morgan fingerprint density at radius 3 is 2.68 bits per heavy atom. The van der Waals surface area contributed by atoms with Crippen molar-refractivity contribution < 1.29 is 42.1 Å². The molecule has 7 rings (SSSR count). The highest BCUT2D eigenvalue weighted by Crippen LogP contribution is 2.39. The van der Waals surface area contributed by atoms with Crippen LogP contribution in [-0.2, 0) is 14.3 Å². The number of hydrogen-bond donors (Lipinski definition) is 2. The zero-order valence-corrected chi connectivity index (χ0v) is 33.3. The fourth-order valence-electron chi connectivity index (χ4n) is 7.99. The quantitative estimate of drug-likeness (QED) is 0.0449. The SMILES string of the molecule is C#Cc1c(F)ccc2cc(O)cc(-c3ncc4c(N5CC(C)CC(NC(=O)OC(C)OC(=O)C(/C=C\C)=C/N=C)C5)nc(OC)nc4c3F)c12.F[C@@H]1CC2CCCN2C1. The monoisotopic (exact) mass is 813 g/mol. The molecule has 5 atom stereocenters. The number of halogens is 3. The average Bonchev–Trinajstić information content (AvgIpc) is 3.78. The number of rotatable bonds is 9. The molecule has 0 spiro atoms. The van der Waals surface area contributed by atoms with Crippen LogP contribution in [-0.4, -0.2) is 102 Å². The van der Waals surface area contributed by atoms with Gasteiger partial charge in [0.25, 0.3) is 0 Å². The largest absolute Gasteiger partial charge is 0.508 e. The van der Waals surface area contributed by atoms with E-state index in [0.29, 0.717) is 36.8 Å². The minimum Gasteiger partial charge on any atom is -0.508 e. The zero-order valence-electron chi connectivity index (χ0n) is 33.3. The molecule has 16 heteroatoms. The molecular weight excluding hydrogens is 768 g/mol. The van der Waals surface area contributed by atoms with Gasteiger partial charge >= 0.3 is 18.1 Å². The van der Waals surface area contributed by atoms with Crippen LogP contribution in [0.5, 0.6) is 11.8 Å². The number of nitrogens with one attached hydrogen (secondary N) is 1. The van der Waals surface area contributed by atoms with E-state index in [-0.39, 0.29) is 62.9 Å². The Balaban J connectivity index is 0.000000567. The molecule has 4 aromatic rings. The zero-order chi connectivity index (χ0) is 42.4. The van der Waals surface area contributed by atoms with Crippen LogP contribution in [0.3, 0.4) is 0 Å². The summed E-state index contributed by atoms with van der Waals surface area (Å²) >= 11 is 0. The molecule has 0 saturated carbocycles. The first-order valence-electron chi connectivity index (χ1n) is 19.3. The molecule has 0 radical (unpaired) electrons. The normalized spacial score (nSPS) is 21.1. The third-order valence-corrected chi connectivity index (χ3v) is 10.4. The number of ether oxygens (including phenoxy) is 3. The van der Waals surface area contributed by atoms with Crippen molar-refractivity contribution in [2.45, 2.75) is 71.0 Å². The average molecular weight is 814 g/mol. The smallest absolute Gasteiger partial charge is 0.410 e. The van der Waals surface area contributed by atoms with Crippen LogP contribution in [0.4, 0.5) is 23.8 Å². The van der Waals surface area contributed by atoms with Gasteiger partial charge in [-0.2, -0.15) is 9.97 Å². The number of piperidine rings is 1. The Morgan fingerprint density at radius 2 is 1.97 bits per heavy atom. The maximum Gasteiger partial charge on any atom is 0.410 e. The summed E-state index contributed by atoms with van der Waals surface area (Å²) in [5.74, 6) is 0.157. The number of aliphatic imine (C=N–C) groups is 1. The van der Waals surface area contributed by atoms with Gasteiger partial charge in [-0.15, -0.1) is 6.42 Å². The molecule has 5 heterocycles. The predicted octanol–water partition coefficient (Wildman–Crippen LogP) is 7.00. The number of pyridine rings is 1. The minimum atomic E-state index is -1.21. The number of allylic oxidation sites excluding steroid dienone is 1. The number of phenolic OH excluding ortho intramolecular Hbond substituents is 1. The van der Waals surface area contributed by atoms with Crippen LogP contribution in [0.15, 0.2) is 59.4 Å². The predicted molar refractivity (Wildman–Crippen MR) is 218 cm³/mol. The van der Waals surface area contributed by atoms with E-state index in [1.54, 1.807) is 13.0 Å². The van der Waals surface area contributed by atoms with Crippen LogP contribution < -0.4 is 15.0 Å². The molecule has 0 bridgehead atoms. The van der Waals surface area contributed by atoms with E-state index in [1.165, 1.54) is 69.6 Å². The van der Waals surface area contributed by atoms with Gasteiger partial charge in [-0.25, -0.2) is 22.8 Å². The highest BCUT2D eigenvalue weighted by atomic mass is 19.1. The summed E-state index contributed by atoms with van der Waals surface area (Å²) < 4.78 is 59.7. The second-order valence-corrected chi connectivity index (χ2v) is 14.7. The number of hydrogen-bond acceptors (Lipinski definition) is 12. The van der Waals surface area contributed by atoms with Crippen LogP contribution in [0.2, 0.25) is 0 Å². The Bertz CT molecular complexity index is 2340. The molecule has 4 unspecified atom stereocenters. The van der Waals surface area contributed by atoms with Gasteiger partial charge in [0.1, 0.15) is 34.8 Å². The summed E-state index contributed by atoms with van der Waals surface area (Å²) in [6.07, 6.45) is 12.7. The number of amides is 1. The van der Waals surface area contributed by atoms with Gasteiger partial charge in [0.2, 0.25) is 6.29 Å². The molecule has 2 N–H and O–H groups in total. The Kier molecular flexibility index (Phi) is 13.4. The number of nitrogens with zero attached hydrogens (tertiary/aromatic N) is 6. The molecule has 13 nitrogen and oxygen atoms in total. The second-order valence-electron chi connectivity index (χ2n) is 14.7. The Hall–Kier alpha value is -6.21. The van der Waals surface area contributed by atoms with Crippen molar-refractivity contribution >= 4 is 46.3 Å². The summed E-state index contributed by atoms with van der Waals surface area (Å²) in [5, 5.41) is 14.1. The number of terminal acetylenes is 1.